The average molecular weight is 138 g/mol. The van der Waals surface area contributed by atoms with Crippen molar-refractivity contribution in [3.8, 4) is 5.88 Å². The summed E-state index contributed by atoms with van der Waals surface area (Å²) in [5.41, 5.74) is 0. The van der Waals surface area contributed by atoms with E-state index in [0.29, 0.717) is 0 Å². The van der Waals surface area contributed by atoms with Gasteiger partial charge in [-0.15, -0.1) is 5.06 Å². The zero-order valence-electron chi connectivity index (χ0n) is 5.71. The fraction of sp³-hybridized carbons (Fsp3) is 0.429. The maximum absolute atomic E-state index is 5.37. The Bertz CT molecular complexity index is 191. The Morgan fingerprint density at radius 1 is 1.50 bits per heavy atom. The first-order chi connectivity index (χ1) is 4.95. The molecule has 1 aliphatic rings. The molecule has 0 amide bonds. The molecule has 10 heavy (non-hydrogen) atoms. The van der Waals surface area contributed by atoms with Gasteiger partial charge in [0.15, 0.2) is 0 Å². The third kappa shape index (κ3) is 0.998. The Morgan fingerprint density at radius 3 is 2.90 bits per heavy atom. The molecule has 1 aromatic rings. The second-order valence-electron chi connectivity index (χ2n) is 2.41. The van der Waals surface area contributed by atoms with Crippen molar-refractivity contribution >= 4 is 0 Å². The van der Waals surface area contributed by atoms with Gasteiger partial charge in [0, 0.05) is 25.4 Å². The van der Waals surface area contributed by atoms with Gasteiger partial charge in [-0.05, 0) is 12.5 Å². The van der Waals surface area contributed by atoms with Crippen molar-refractivity contribution in [1.29, 1.82) is 0 Å². The van der Waals surface area contributed by atoms with Gasteiger partial charge in [-0.2, -0.15) is 0 Å². The summed E-state index contributed by atoms with van der Waals surface area (Å²) >= 11 is 0. The molecule has 0 radical (unpaired) electrons. The molecular formula is C7H10N2O. The smallest absolute Gasteiger partial charge is 0.216 e. The molecule has 54 valence electrons. The number of aromatic nitrogens is 1. The van der Waals surface area contributed by atoms with Gasteiger partial charge in [-0.3, -0.25) is 0 Å². The topological polar surface area (TPSA) is 28.3 Å². The van der Waals surface area contributed by atoms with E-state index >= 15 is 0 Å². The number of rotatable bonds is 2. The minimum Gasteiger partial charge on any atom is -0.388 e. The maximum atomic E-state index is 5.37. The molecule has 0 unspecified atom stereocenters. The van der Waals surface area contributed by atoms with Crippen LogP contribution >= 0.6 is 0 Å². The molecule has 2 rings (SSSR count). The van der Waals surface area contributed by atoms with Gasteiger partial charge in [0.1, 0.15) is 0 Å². The van der Waals surface area contributed by atoms with Gasteiger partial charge < -0.3 is 9.82 Å². The lowest BCUT2D eigenvalue weighted by Gasteiger charge is -2.28. The Labute approximate surface area is 59.6 Å². The number of nitrogens with one attached hydrogen (secondary N) is 1. The molecule has 0 aromatic carbocycles. The van der Waals surface area contributed by atoms with Crippen molar-refractivity contribution in [3.63, 3.8) is 0 Å². The molecule has 1 aliphatic heterocycles. The van der Waals surface area contributed by atoms with Crippen LogP contribution in [-0.2, 0) is 0 Å². The molecule has 3 nitrogen and oxygen atoms in total. The predicted molar refractivity (Wildman–Crippen MR) is 37.6 cm³/mol. The van der Waals surface area contributed by atoms with Crippen molar-refractivity contribution in [3.05, 3.63) is 18.3 Å². The third-order valence-electron chi connectivity index (χ3n) is 1.61. The van der Waals surface area contributed by atoms with Gasteiger partial charge >= 0.3 is 0 Å². The van der Waals surface area contributed by atoms with Crippen molar-refractivity contribution in [1.82, 2.24) is 10.0 Å². The largest absolute Gasteiger partial charge is 0.388 e. The van der Waals surface area contributed by atoms with Crippen LogP contribution in [0.4, 0.5) is 0 Å². The van der Waals surface area contributed by atoms with Crippen molar-refractivity contribution in [2.24, 2.45) is 0 Å². The van der Waals surface area contributed by atoms with E-state index < -0.39 is 0 Å². The highest BCUT2D eigenvalue weighted by Crippen LogP contribution is 2.11. The van der Waals surface area contributed by atoms with E-state index in [1.165, 1.54) is 6.42 Å². The molecule has 0 saturated carbocycles. The molecule has 1 aromatic heterocycles. The van der Waals surface area contributed by atoms with Gasteiger partial charge in [0.2, 0.25) is 5.88 Å². The standard InChI is InChI=1S/C7H10N2O/c1-3-7(8-4-1)10-9-5-2-6-9/h1,3-4,8H,2,5-6H2. The van der Waals surface area contributed by atoms with Crippen molar-refractivity contribution in [2.45, 2.75) is 6.42 Å². The number of hydroxylamine groups is 2. The molecule has 0 bridgehead atoms. The molecule has 0 aliphatic carbocycles. The van der Waals surface area contributed by atoms with Crippen LogP contribution in [0.5, 0.6) is 5.88 Å². The van der Waals surface area contributed by atoms with Gasteiger partial charge in [-0.25, -0.2) is 0 Å². The highest BCUT2D eigenvalue weighted by atomic mass is 16.7. The molecular weight excluding hydrogens is 128 g/mol. The van der Waals surface area contributed by atoms with Crippen molar-refractivity contribution in [2.75, 3.05) is 13.1 Å². The first kappa shape index (κ1) is 5.80. The number of aromatic amines is 1. The summed E-state index contributed by atoms with van der Waals surface area (Å²) in [4.78, 5) is 8.34. The summed E-state index contributed by atoms with van der Waals surface area (Å²) in [6.07, 6.45) is 3.11. The molecule has 1 N–H and O–H groups in total. The van der Waals surface area contributed by atoms with E-state index in [-0.39, 0.29) is 0 Å². The normalized spacial score (nSPS) is 18.4. The maximum Gasteiger partial charge on any atom is 0.216 e. The Balaban J connectivity index is 1.90. The minimum absolute atomic E-state index is 0.833. The molecule has 2 heterocycles. The van der Waals surface area contributed by atoms with E-state index in [9.17, 15) is 0 Å². The lowest BCUT2D eigenvalue weighted by molar-refractivity contribution is -0.110. The Hall–Kier alpha value is -0.960. The zero-order chi connectivity index (χ0) is 6.81. The quantitative estimate of drug-likeness (QED) is 0.660. The first-order valence-electron chi connectivity index (χ1n) is 3.51. The highest BCUT2D eigenvalue weighted by molar-refractivity contribution is 5.09. The summed E-state index contributed by atoms with van der Waals surface area (Å²) in [5, 5.41) is 1.94. The van der Waals surface area contributed by atoms with Gasteiger partial charge in [0.05, 0.1) is 0 Å². The van der Waals surface area contributed by atoms with E-state index in [0.717, 1.165) is 19.0 Å². The van der Waals surface area contributed by atoms with Crippen LogP contribution in [0.1, 0.15) is 6.42 Å². The van der Waals surface area contributed by atoms with Crippen LogP contribution in [0.3, 0.4) is 0 Å². The van der Waals surface area contributed by atoms with E-state index in [1.54, 1.807) is 0 Å². The van der Waals surface area contributed by atoms with Crippen LogP contribution in [0.2, 0.25) is 0 Å². The number of nitrogens with zero attached hydrogens (tertiary/aromatic N) is 1. The van der Waals surface area contributed by atoms with E-state index in [1.807, 2.05) is 23.4 Å². The SMILES string of the molecule is c1c[nH]c(ON2CCC2)c1. The van der Waals surface area contributed by atoms with Gasteiger partial charge in [0.25, 0.3) is 0 Å². The van der Waals surface area contributed by atoms with Crippen LogP contribution in [-0.4, -0.2) is 23.1 Å². The summed E-state index contributed by atoms with van der Waals surface area (Å²) < 4.78 is 0. The molecule has 1 fully saturated rings. The predicted octanol–water partition coefficient (Wildman–Crippen LogP) is 1.01. The number of hydrogen-bond acceptors (Lipinski definition) is 2. The number of H-pyrrole nitrogens is 1. The third-order valence-corrected chi connectivity index (χ3v) is 1.61. The van der Waals surface area contributed by atoms with Gasteiger partial charge in [-0.1, -0.05) is 0 Å². The van der Waals surface area contributed by atoms with E-state index in [4.69, 9.17) is 4.84 Å². The molecule has 3 heteroatoms. The average Bonchev–Trinajstić information content (AvgIpc) is 2.29. The lowest BCUT2D eigenvalue weighted by atomic mass is 10.3. The Morgan fingerprint density at radius 2 is 2.40 bits per heavy atom. The summed E-state index contributed by atoms with van der Waals surface area (Å²) in [6, 6.07) is 3.84. The fourth-order valence-corrected chi connectivity index (χ4v) is 0.888. The molecule has 1 saturated heterocycles. The summed E-state index contributed by atoms with van der Waals surface area (Å²) in [6.45, 7) is 2.11. The summed E-state index contributed by atoms with van der Waals surface area (Å²) in [5.74, 6) is 0.833. The first-order valence-corrected chi connectivity index (χ1v) is 3.51. The minimum atomic E-state index is 0.833. The number of hydrogen-bond donors (Lipinski definition) is 1. The van der Waals surface area contributed by atoms with Crippen LogP contribution in [0.25, 0.3) is 0 Å². The second-order valence-corrected chi connectivity index (χ2v) is 2.41. The molecule has 0 atom stereocenters. The van der Waals surface area contributed by atoms with Crippen LogP contribution in [0, 0.1) is 0 Å². The van der Waals surface area contributed by atoms with Crippen LogP contribution in [0.15, 0.2) is 18.3 Å². The van der Waals surface area contributed by atoms with E-state index in [2.05, 4.69) is 4.98 Å². The Kier molecular flexibility index (Phi) is 1.36. The monoisotopic (exact) mass is 138 g/mol. The second kappa shape index (κ2) is 2.34. The lowest BCUT2D eigenvalue weighted by Crippen LogP contribution is -2.39. The van der Waals surface area contributed by atoms with Crippen molar-refractivity contribution < 1.29 is 4.84 Å². The molecule has 0 spiro atoms. The fourth-order valence-electron chi connectivity index (χ4n) is 0.888. The summed E-state index contributed by atoms with van der Waals surface area (Å²) in [7, 11) is 0. The zero-order valence-corrected chi connectivity index (χ0v) is 5.71. The van der Waals surface area contributed by atoms with Crippen LogP contribution < -0.4 is 4.84 Å². The highest BCUT2D eigenvalue weighted by Gasteiger charge is 2.15.